The molecule has 2 rings (SSSR count). The first-order valence-electron chi connectivity index (χ1n) is 5.87. The Labute approximate surface area is 110 Å². The van der Waals surface area contributed by atoms with Crippen molar-refractivity contribution >= 4 is 21.7 Å². The average molecular weight is 300 g/mol. The van der Waals surface area contributed by atoms with Crippen LogP contribution in [0.2, 0.25) is 0 Å². The van der Waals surface area contributed by atoms with Crippen molar-refractivity contribution in [3.05, 3.63) is 22.3 Å². The number of pyridine rings is 1. The van der Waals surface area contributed by atoms with Gasteiger partial charge in [-0.15, -0.1) is 0 Å². The Kier molecular flexibility index (Phi) is 4.36. The first kappa shape index (κ1) is 12.8. The molecule has 1 aliphatic heterocycles. The van der Waals surface area contributed by atoms with Gasteiger partial charge in [0.05, 0.1) is 6.10 Å². The molecule has 0 unspecified atom stereocenters. The van der Waals surface area contributed by atoms with Crippen molar-refractivity contribution in [2.75, 3.05) is 25.1 Å². The lowest BCUT2D eigenvalue weighted by molar-refractivity contribution is 0.0817. The first-order valence-corrected chi connectivity index (χ1v) is 6.66. The van der Waals surface area contributed by atoms with Gasteiger partial charge in [-0.05, 0) is 34.8 Å². The predicted molar refractivity (Wildman–Crippen MR) is 72.1 cm³/mol. The molecule has 17 heavy (non-hydrogen) atoms. The fraction of sp³-hybridized carbons (Fsp3) is 0.583. The number of ether oxygens (including phenoxy) is 1. The molecule has 1 aromatic heterocycles. The summed E-state index contributed by atoms with van der Waals surface area (Å²) in [5.41, 5.74) is 6.86. The molecule has 1 saturated heterocycles. The van der Waals surface area contributed by atoms with E-state index in [0.717, 1.165) is 41.8 Å². The number of hydrogen-bond donors (Lipinski definition) is 1. The summed E-state index contributed by atoms with van der Waals surface area (Å²) in [4.78, 5) is 6.78. The quantitative estimate of drug-likeness (QED) is 0.926. The first-order chi connectivity index (χ1) is 8.24. The van der Waals surface area contributed by atoms with Gasteiger partial charge in [0.15, 0.2) is 0 Å². The molecule has 5 heteroatoms. The molecule has 1 fully saturated rings. The number of methoxy groups -OCH3 is 1. The summed E-state index contributed by atoms with van der Waals surface area (Å²) in [5, 5.41) is 0. The van der Waals surface area contributed by atoms with Gasteiger partial charge < -0.3 is 15.4 Å². The maximum absolute atomic E-state index is 5.77. The fourth-order valence-corrected chi connectivity index (χ4v) is 2.59. The van der Waals surface area contributed by atoms with Crippen LogP contribution in [0.4, 0.5) is 5.82 Å². The highest BCUT2D eigenvalue weighted by molar-refractivity contribution is 9.10. The fourth-order valence-electron chi connectivity index (χ4n) is 2.21. The predicted octanol–water partition coefficient (Wildman–Crippen LogP) is 1.92. The van der Waals surface area contributed by atoms with Crippen molar-refractivity contribution in [1.82, 2.24) is 4.98 Å². The Hall–Kier alpha value is -0.650. The van der Waals surface area contributed by atoms with E-state index in [1.807, 2.05) is 12.3 Å². The van der Waals surface area contributed by atoms with Gasteiger partial charge in [0.2, 0.25) is 0 Å². The smallest absolute Gasteiger partial charge is 0.133 e. The summed E-state index contributed by atoms with van der Waals surface area (Å²) < 4.78 is 6.35. The van der Waals surface area contributed by atoms with Gasteiger partial charge in [-0.1, -0.05) is 0 Å². The van der Waals surface area contributed by atoms with E-state index in [4.69, 9.17) is 10.5 Å². The van der Waals surface area contributed by atoms with Crippen LogP contribution >= 0.6 is 15.9 Å². The number of nitrogens with zero attached hydrogens (tertiary/aromatic N) is 2. The Morgan fingerprint density at radius 3 is 2.82 bits per heavy atom. The summed E-state index contributed by atoms with van der Waals surface area (Å²) in [7, 11) is 1.78. The normalized spacial score (nSPS) is 17.5. The highest BCUT2D eigenvalue weighted by atomic mass is 79.9. The third-order valence-corrected chi connectivity index (χ3v) is 3.64. The number of nitrogens with two attached hydrogens (primary N) is 1. The number of anilines is 1. The molecule has 2 N–H and O–H groups in total. The lowest BCUT2D eigenvalue weighted by Crippen LogP contribution is -2.37. The molecule has 0 saturated carbocycles. The van der Waals surface area contributed by atoms with Crippen molar-refractivity contribution < 1.29 is 4.74 Å². The van der Waals surface area contributed by atoms with Crippen LogP contribution in [-0.4, -0.2) is 31.3 Å². The zero-order valence-corrected chi connectivity index (χ0v) is 11.6. The molecule has 1 aliphatic rings. The van der Waals surface area contributed by atoms with E-state index in [9.17, 15) is 0 Å². The van der Waals surface area contributed by atoms with Crippen molar-refractivity contribution in [2.24, 2.45) is 5.73 Å². The van der Waals surface area contributed by atoms with Crippen molar-refractivity contribution in [1.29, 1.82) is 0 Å². The SMILES string of the molecule is COC1CCN(c2ncc(Br)cc2CN)CC1. The van der Waals surface area contributed by atoms with Gasteiger partial charge in [-0.3, -0.25) is 0 Å². The van der Waals surface area contributed by atoms with Gasteiger partial charge in [0, 0.05) is 43.0 Å². The van der Waals surface area contributed by atoms with E-state index < -0.39 is 0 Å². The number of aromatic nitrogens is 1. The Balaban J connectivity index is 2.12. The summed E-state index contributed by atoms with van der Waals surface area (Å²) in [6.45, 7) is 2.49. The minimum atomic E-state index is 0.392. The zero-order chi connectivity index (χ0) is 12.3. The molecule has 0 amide bonds. The second-order valence-electron chi connectivity index (χ2n) is 4.26. The van der Waals surface area contributed by atoms with E-state index in [1.54, 1.807) is 7.11 Å². The van der Waals surface area contributed by atoms with E-state index in [0.29, 0.717) is 12.6 Å². The molecule has 0 aromatic carbocycles. The molecule has 1 aromatic rings. The number of halogens is 1. The molecular formula is C12H18BrN3O. The maximum Gasteiger partial charge on any atom is 0.133 e. The van der Waals surface area contributed by atoms with E-state index in [1.165, 1.54) is 0 Å². The van der Waals surface area contributed by atoms with Crippen LogP contribution in [0.1, 0.15) is 18.4 Å². The Morgan fingerprint density at radius 2 is 2.24 bits per heavy atom. The third kappa shape index (κ3) is 2.97. The zero-order valence-electron chi connectivity index (χ0n) is 10.0. The van der Waals surface area contributed by atoms with Gasteiger partial charge in [0.25, 0.3) is 0 Å². The highest BCUT2D eigenvalue weighted by Crippen LogP contribution is 2.24. The molecule has 0 aliphatic carbocycles. The second-order valence-corrected chi connectivity index (χ2v) is 5.18. The van der Waals surface area contributed by atoms with E-state index >= 15 is 0 Å². The van der Waals surface area contributed by atoms with Crippen LogP contribution in [0.3, 0.4) is 0 Å². The maximum atomic E-state index is 5.77. The Morgan fingerprint density at radius 1 is 1.53 bits per heavy atom. The minimum Gasteiger partial charge on any atom is -0.381 e. The molecule has 4 nitrogen and oxygen atoms in total. The van der Waals surface area contributed by atoms with Crippen LogP contribution in [0, 0.1) is 0 Å². The lowest BCUT2D eigenvalue weighted by atomic mass is 10.1. The van der Waals surface area contributed by atoms with Crippen LogP contribution in [-0.2, 0) is 11.3 Å². The summed E-state index contributed by atoms with van der Waals surface area (Å²) in [5.74, 6) is 1.02. The Bertz CT molecular complexity index is 378. The van der Waals surface area contributed by atoms with Crippen LogP contribution in [0.15, 0.2) is 16.7 Å². The monoisotopic (exact) mass is 299 g/mol. The summed E-state index contributed by atoms with van der Waals surface area (Å²) in [6.07, 6.45) is 4.33. The molecule has 0 atom stereocenters. The minimum absolute atomic E-state index is 0.392. The van der Waals surface area contributed by atoms with Crippen LogP contribution < -0.4 is 10.6 Å². The van der Waals surface area contributed by atoms with Crippen LogP contribution in [0.5, 0.6) is 0 Å². The topological polar surface area (TPSA) is 51.4 Å². The van der Waals surface area contributed by atoms with E-state index in [-0.39, 0.29) is 0 Å². The molecule has 0 bridgehead atoms. The molecule has 0 spiro atoms. The summed E-state index contributed by atoms with van der Waals surface area (Å²) >= 11 is 3.43. The van der Waals surface area contributed by atoms with Crippen LogP contribution in [0.25, 0.3) is 0 Å². The largest absolute Gasteiger partial charge is 0.381 e. The van der Waals surface area contributed by atoms with Gasteiger partial charge in [-0.2, -0.15) is 0 Å². The van der Waals surface area contributed by atoms with Crippen molar-refractivity contribution in [3.63, 3.8) is 0 Å². The molecule has 94 valence electrons. The van der Waals surface area contributed by atoms with Gasteiger partial charge in [-0.25, -0.2) is 4.98 Å². The highest BCUT2D eigenvalue weighted by Gasteiger charge is 2.21. The van der Waals surface area contributed by atoms with Crippen molar-refractivity contribution in [2.45, 2.75) is 25.5 Å². The second kappa shape index (κ2) is 5.80. The number of rotatable bonds is 3. The average Bonchev–Trinajstić information content (AvgIpc) is 2.39. The molecular weight excluding hydrogens is 282 g/mol. The van der Waals surface area contributed by atoms with Gasteiger partial charge in [0.1, 0.15) is 5.82 Å². The summed E-state index contributed by atoms with van der Waals surface area (Å²) in [6, 6.07) is 2.05. The third-order valence-electron chi connectivity index (χ3n) is 3.20. The number of piperidine rings is 1. The lowest BCUT2D eigenvalue weighted by Gasteiger charge is -2.33. The molecule has 2 heterocycles. The van der Waals surface area contributed by atoms with Gasteiger partial charge >= 0.3 is 0 Å². The molecule has 0 radical (unpaired) electrons. The van der Waals surface area contributed by atoms with Crippen molar-refractivity contribution in [3.8, 4) is 0 Å². The number of hydrogen-bond acceptors (Lipinski definition) is 4. The van der Waals surface area contributed by atoms with E-state index in [2.05, 4.69) is 25.8 Å². The standard InChI is InChI=1S/C12H18BrN3O/c1-17-11-2-4-16(5-3-11)12-9(7-14)6-10(13)8-15-12/h6,8,11H,2-5,7,14H2,1H3.